The molecule has 0 aromatic carbocycles. The number of nitrogens with one attached hydrogen (secondary N) is 1. The zero-order valence-corrected chi connectivity index (χ0v) is 10.7. The van der Waals surface area contributed by atoms with Gasteiger partial charge in [0, 0.05) is 6.54 Å². The molecule has 1 atom stereocenters. The van der Waals surface area contributed by atoms with Crippen molar-refractivity contribution < 1.29 is 4.79 Å². The van der Waals surface area contributed by atoms with Crippen LogP contribution in [0, 0.1) is 11.3 Å². The fourth-order valence-corrected chi connectivity index (χ4v) is 2.05. The van der Waals surface area contributed by atoms with E-state index >= 15 is 0 Å². The number of amides is 1. The third-order valence-electron chi connectivity index (χ3n) is 3.33. The molecule has 4 nitrogen and oxygen atoms in total. The minimum atomic E-state index is -0.211. The second-order valence-corrected chi connectivity index (χ2v) is 5.56. The quantitative estimate of drug-likeness (QED) is 0.811. The van der Waals surface area contributed by atoms with Crippen LogP contribution in [-0.2, 0) is 0 Å². The number of anilines is 1. The molecule has 1 heterocycles. The lowest BCUT2D eigenvalue weighted by atomic mass is 10.1. The van der Waals surface area contributed by atoms with Crippen molar-refractivity contribution in [2.75, 3.05) is 12.3 Å². The summed E-state index contributed by atoms with van der Waals surface area (Å²) >= 11 is 5.85. The molecule has 0 radical (unpaired) electrons. The molecule has 0 bridgehead atoms. The summed E-state index contributed by atoms with van der Waals surface area (Å²) in [5, 5.41) is 3.05. The Balaban J connectivity index is 1.98. The molecule has 3 N–H and O–H groups in total. The van der Waals surface area contributed by atoms with Crippen LogP contribution < -0.4 is 11.1 Å². The second kappa shape index (κ2) is 4.18. The molecular formula is C12H16ClN3O. The van der Waals surface area contributed by atoms with Gasteiger partial charge in [-0.3, -0.25) is 4.79 Å². The Hall–Kier alpha value is -1.29. The number of hydrogen-bond acceptors (Lipinski definition) is 3. The Morgan fingerprint density at radius 2 is 2.35 bits per heavy atom. The predicted octanol–water partition coefficient (Wildman–Crippen LogP) is 2.09. The maximum Gasteiger partial charge on any atom is 0.254 e. The van der Waals surface area contributed by atoms with Gasteiger partial charge in [0.25, 0.3) is 5.91 Å². The lowest BCUT2D eigenvalue weighted by Crippen LogP contribution is -2.27. The molecule has 2 rings (SSSR count). The van der Waals surface area contributed by atoms with E-state index in [2.05, 4.69) is 24.1 Å². The van der Waals surface area contributed by atoms with Gasteiger partial charge in [-0.2, -0.15) is 0 Å². The zero-order valence-electron chi connectivity index (χ0n) is 9.96. The molecule has 1 unspecified atom stereocenters. The summed E-state index contributed by atoms with van der Waals surface area (Å²) in [4.78, 5) is 15.7. The summed E-state index contributed by atoms with van der Waals surface area (Å²) in [6.07, 6.45) is 2.58. The highest BCUT2D eigenvalue weighted by Crippen LogP contribution is 2.50. The highest BCUT2D eigenvalue weighted by atomic mass is 35.5. The molecule has 1 aliphatic rings. The summed E-state index contributed by atoms with van der Waals surface area (Å²) in [5.41, 5.74) is 6.70. The molecule has 1 fully saturated rings. The number of carbonyl (C=O) groups excluding carboxylic acids is 1. The van der Waals surface area contributed by atoms with Gasteiger partial charge in [-0.05, 0) is 23.8 Å². The van der Waals surface area contributed by atoms with E-state index in [1.165, 1.54) is 6.20 Å². The van der Waals surface area contributed by atoms with Crippen LogP contribution in [0.3, 0.4) is 0 Å². The van der Waals surface area contributed by atoms with Crippen LogP contribution in [0.5, 0.6) is 0 Å². The van der Waals surface area contributed by atoms with Gasteiger partial charge >= 0.3 is 0 Å². The summed E-state index contributed by atoms with van der Waals surface area (Å²) < 4.78 is 0. The monoisotopic (exact) mass is 253 g/mol. The fraction of sp³-hybridized carbons (Fsp3) is 0.500. The maximum absolute atomic E-state index is 11.9. The third-order valence-corrected chi connectivity index (χ3v) is 3.63. The van der Waals surface area contributed by atoms with E-state index in [1.807, 2.05) is 0 Å². The lowest BCUT2D eigenvalue weighted by Gasteiger charge is -2.07. The van der Waals surface area contributed by atoms with Crippen LogP contribution in [0.25, 0.3) is 0 Å². The second-order valence-electron chi connectivity index (χ2n) is 5.21. The predicted molar refractivity (Wildman–Crippen MR) is 67.9 cm³/mol. The Bertz CT molecular complexity index is 459. The van der Waals surface area contributed by atoms with Gasteiger partial charge in [-0.15, -0.1) is 0 Å². The van der Waals surface area contributed by atoms with Gasteiger partial charge in [0.1, 0.15) is 5.15 Å². The summed E-state index contributed by atoms with van der Waals surface area (Å²) in [6, 6.07) is 1.54. The van der Waals surface area contributed by atoms with Crippen LogP contribution in [-0.4, -0.2) is 17.4 Å². The smallest absolute Gasteiger partial charge is 0.254 e. The molecule has 17 heavy (non-hydrogen) atoms. The van der Waals surface area contributed by atoms with Gasteiger partial charge in [0.05, 0.1) is 17.4 Å². The number of rotatable bonds is 3. The Kier molecular flexibility index (Phi) is 3.00. The van der Waals surface area contributed by atoms with Crippen molar-refractivity contribution in [2.45, 2.75) is 20.3 Å². The average Bonchev–Trinajstić information content (AvgIpc) is 2.87. The van der Waals surface area contributed by atoms with Crippen LogP contribution in [0.1, 0.15) is 30.6 Å². The van der Waals surface area contributed by atoms with Crippen LogP contribution in [0.4, 0.5) is 5.69 Å². The van der Waals surface area contributed by atoms with Crippen molar-refractivity contribution in [2.24, 2.45) is 11.3 Å². The zero-order chi connectivity index (χ0) is 12.6. The first kappa shape index (κ1) is 12.2. The van der Waals surface area contributed by atoms with Gasteiger partial charge in [0.2, 0.25) is 0 Å². The lowest BCUT2D eigenvalue weighted by molar-refractivity contribution is 0.0950. The molecule has 1 aromatic rings. The molecule has 1 aliphatic carbocycles. The first-order valence-corrected chi connectivity index (χ1v) is 5.97. The number of carbonyl (C=O) groups is 1. The fourth-order valence-electron chi connectivity index (χ4n) is 1.86. The van der Waals surface area contributed by atoms with E-state index < -0.39 is 0 Å². The van der Waals surface area contributed by atoms with Crippen LogP contribution in [0.15, 0.2) is 12.3 Å². The summed E-state index contributed by atoms with van der Waals surface area (Å²) in [5.74, 6) is 0.344. The molecule has 1 aromatic heterocycles. The van der Waals surface area contributed by atoms with E-state index in [0.29, 0.717) is 29.1 Å². The SMILES string of the molecule is CC1(C)CC1CNC(=O)c1cc(N)cnc1Cl. The normalized spacial score (nSPS) is 21.0. The van der Waals surface area contributed by atoms with Gasteiger partial charge < -0.3 is 11.1 Å². The molecule has 0 spiro atoms. The highest BCUT2D eigenvalue weighted by Gasteiger charge is 2.45. The molecule has 92 valence electrons. The number of aromatic nitrogens is 1. The molecule has 1 amide bonds. The van der Waals surface area contributed by atoms with Crippen molar-refractivity contribution >= 4 is 23.2 Å². The van der Waals surface area contributed by atoms with Crippen molar-refractivity contribution in [3.63, 3.8) is 0 Å². The maximum atomic E-state index is 11.9. The molecule has 1 saturated carbocycles. The minimum absolute atomic E-state index is 0.187. The number of nitrogens with two attached hydrogens (primary N) is 1. The van der Waals surface area contributed by atoms with Crippen molar-refractivity contribution in [3.05, 3.63) is 23.0 Å². The van der Waals surface area contributed by atoms with Crippen LogP contribution >= 0.6 is 11.6 Å². The van der Waals surface area contributed by atoms with E-state index in [4.69, 9.17) is 17.3 Å². The molecule has 5 heteroatoms. The highest BCUT2D eigenvalue weighted by molar-refractivity contribution is 6.32. The minimum Gasteiger partial charge on any atom is -0.397 e. The topological polar surface area (TPSA) is 68.0 Å². The average molecular weight is 254 g/mol. The first-order valence-electron chi connectivity index (χ1n) is 5.59. The molecular weight excluding hydrogens is 238 g/mol. The van der Waals surface area contributed by atoms with E-state index in [-0.39, 0.29) is 11.1 Å². The van der Waals surface area contributed by atoms with E-state index in [9.17, 15) is 4.79 Å². The molecule has 0 saturated heterocycles. The van der Waals surface area contributed by atoms with Gasteiger partial charge in [-0.25, -0.2) is 4.98 Å². The number of nitrogen functional groups attached to an aromatic ring is 1. The number of nitrogens with zero attached hydrogens (tertiary/aromatic N) is 1. The Morgan fingerprint density at radius 1 is 1.71 bits per heavy atom. The third kappa shape index (κ3) is 2.69. The summed E-state index contributed by atoms with van der Waals surface area (Å²) in [6.45, 7) is 5.06. The first-order chi connectivity index (χ1) is 7.90. The van der Waals surface area contributed by atoms with E-state index in [0.717, 1.165) is 6.42 Å². The molecule has 0 aliphatic heterocycles. The summed E-state index contributed by atoms with van der Waals surface area (Å²) in [7, 11) is 0. The standard InChI is InChI=1S/C12H16ClN3O/c1-12(2)4-7(12)5-16-11(17)9-3-8(14)6-15-10(9)13/h3,6-7H,4-5,14H2,1-2H3,(H,16,17). The van der Waals surface area contributed by atoms with Crippen molar-refractivity contribution in [1.29, 1.82) is 0 Å². The van der Waals surface area contributed by atoms with E-state index in [1.54, 1.807) is 6.07 Å². The Labute approximate surface area is 106 Å². The van der Waals surface area contributed by atoms with Gasteiger partial charge in [-0.1, -0.05) is 25.4 Å². The number of pyridine rings is 1. The van der Waals surface area contributed by atoms with Gasteiger partial charge in [0.15, 0.2) is 0 Å². The largest absolute Gasteiger partial charge is 0.397 e. The Morgan fingerprint density at radius 3 is 2.94 bits per heavy atom. The number of halogens is 1. The van der Waals surface area contributed by atoms with Crippen molar-refractivity contribution in [3.8, 4) is 0 Å². The van der Waals surface area contributed by atoms with Crippen LogP contribution in [0.2, 0.25) is 5.15 Å². The number of hydrogen-bond donors (Lipinski definition) is 2. The van der Waals surface area contributed by atoms with Crippen molar-refractivity contribution in [1.82, 2.24) is 10.3 Å².